The van der Waals surface area contributed by atoms with Crippen LogP contribution < -0.4 is 0 Å². The van der Waals surface area contributed by atoms with Gasteiger partial charge in [-0.3, -0.25) is 0 Å². The van der Waals surface area contributed by atoms with E-state index in [0.717, 1.165) is 12.3 Å². The van der Waals surface area contributed by atoms with Crippen molar-refractivity contribution < 1.29 is 9.84 Å². The average Bonchev–Trinajstić information content (AvgIpc) is 2.94. The van der Waals surface area contributed by atoms with Crippen molar-refractivity contribution in [3.63, 3.8) is 0 Å². The van der Waals surface area contributed by atoms with E-state index in [4.69, 9.17) is 4.74 Å². The lowest BCUT2D eigenvalue weighted by atomic mass is 9.98. The van der Waals surface area contributed by atoms with Crippen LogP contribution in [-0.4, -0.2) is 17.0 Å². The Morgan fingerprint density at radius 3 is 2.76 bits per heavy atom. The van der Waals surface area contributed by atoms with Gasteiger partial charge in [0.2, 0.25) is 5.79 Å². The highest BCUT2D eigenvalue weighted by Gasteiger charge is 2.53. The predicted octanol–water partition coefficient (Wildman–Crippen LogP) is 3.57. The Hall–Kier alpha value is -0.600. The molecule has 0 aromatic rings. The Morgan fingerprint density at radius 2 is 2.06 bits per heavy atom. The molecule has 1 aliphatic carbocycles. The maximum absolute atomic E-state index is 9.61. The van der Waals surface area contributed by atoms with E-state index in [1.54, 1.807) is 6.08 Å². The van der Waals surface area contributed by atoms with Crippen LogP contribution in [0.15, 0.2) is 23.8 Å². The summed E-state index contributed by atoms with van der Waals surface area (Å²) in [6, 6.07) is 0. The summed E-state index contributed by atoms with van der Waals surface area (Å²) in [7, 11) is 0. The van der Waals surface area contributed by atoms with Gasteiger partial charge in [0.15, 0.2) is 0 Å². The Bertz CT molecular complexity index is 317. The van der Waals surface area contributed by atoms with Gasteiger partial charge in [-0.15, -0.1) is 0 Å². The Morgan fingerprint density at radius 1 is 1.29 bits per heavy atom. The van der Waals surface area contributed by atoms with Crippen LogP contribution in [0.4, 0.5) is 0 Å². The zero-order chi connectivity index (χ0) is 12.3. The molecule has 17 heavy (non-hydrogen) atoms. The van der Waals surface area contributed by atoms with Crippen LogP contribution in [0.3, 0.4) is 0 Å². The zero-order valence-electron chi connectivity index (χ0n) is 11.0. The molecule has 1 aliphatic heterocycles. The van der Waals surface area contributed by atoms with Gasteiger partial charge in [0.1, 0.15) is 6.10 Å². The molecule has 0 saturated carbocycles. The summed E-state index contributed by atoms with van der Waals surface area (Å²) in [6.07, 6.45) is 13.5. The van der Waals surface area contributed by atoms with Crippen molar-refractivity contribution in [2.75, 3.05) is 0 Å². The Kier molecular flexibility index (Phi) is 4.05. The average molecular weight is 236 g/mol. The summed E-state index contributed by atoms with van der Waals surface area (Å²) in [4.78, 5) is 0. The first-order valence-corrected chi connectivity index (χ1v) is 6.90. The van der Waals surface area contributed by atoms with Crippen LogP contribution in [0.5, 0.6) is 0 Å². The van der Waals surface area contributed by atoms with Crippen LogP contribution in [-0.2, 0) is 4.74 Å². The van der Waals surface area contributed by atoms with Gasteiger partial charge in [-0.05, 0) is 36.5 Å². The fourth-order valence-corrected chi connectivity index (χ4v) is 2.34. The third kappa shape index (κ3) is 3.68. The fraction of sp³-hybridized carbons (Fsp3) is 0.733. The monoisotopic (exact) mass is 236 g/mol. The smallest absolute Gasteiger partial charge is 0.217 e. The molecule has 1 heterocycles. The number of hydrogen-bond acceptors (Lipinski definition) is 2. The summed E-state index contributed by atoms with van der Waals surface area (Å²) < 4.78 is 5.16. The molecule has 0 radical (unpaired) electrons. The lowest BCUT2D eigenvalue weighted by Crippen LogP contribution is -2.11. The SMILES string of the molecule is CC(C)CCCCCCC1=CC2OC2(O)C=C1. The summed E-state index contributed by atoms with van der Waals surface area (Å²) in [6.45, 7) is 4.57. The topological polar surface area (TPSA) is 32.8 Å². The van der Waals surface area contributed by atoms with Crippen molar-refractivity contribution in [2.24, 2.45) is 5.92 Å². The van der Waals surface area contributed by atoms with Gasteiger partial charge in [0.25, 0.3) is 0 Å². The van der Waals surface area contributed by atoms with Gasteiger partial charge in [-0.1, -0.05) is 45.6 Å². The molecule has 96 valence electrons. The highest BCUT2D eigenvalue weighted by atomic mass is 16.7. The van der Waals surface area contributed by atoms with Crippen LogP contribution in [0.2, 0.25) is 0 Å². The van der Waals surface area contributed by atoms with E-state index in [-0.39, 0.29) is 6.10 Å². The number of unbranched alkanes of at least 4 members (excludes halogenated alkanes) is 3. The third-order valence-corrected chi connectivity index (χ3v) is 3.56. The van der Waals surface area contributed by atoms with Crippen LogP contribution >= 0.6 is 0 Å². The Labute approximate surface area is 104 Å². The number of hydrogen-bond donors (Lipinski definition) is 1. The number of aliphatic hydroxyl groups is 1. The number of rotatable bonds is 7. The minimum atomic E-state index is -0.944. The van der Waals surface area contributed by atoms with Crippen molar-refractivity contribution >= 4 is 0 Å². The minimum Gasteiger partial charge on any atom is -0.360 e. The summed E-state index contributed by atoms with van der Waals surface area (Å²) in [5.74, 6) is -0.107. The number of allylic oxidation sites excluding steroid dienone is 2. The number of ether oxygens (including phenoxy) is 1. The second-order valence-electron chi connectivity index (χ2n) is 5.71. The number of fused-ring (bicyclic) bond motifs is 1. The first-order valence-electron chi connectivity index (χ1n) is 6.90. The number of epoxide rings is 1. The van der Waals surface area contributed by atoms with Gasteiger partial charge in [0, 0.05) is 0 Å². The molecule has 2 unspecified atom stereocenters. The molecule has 1 fully saturated rings. The highest BCUT2D eigenvalue weighted by Crippen LogP contribution is 2.40. The molecule has 2 aliphatic rings. The molecule has 0 aromatic heterocycles. The zero-order valence-corrected chi connectivity index (χ0v) is 11.0. The largest absolute Gasteiger partial charge is 0.360 e. The van der Waals surface area contributed by atoms with Crippen LogP contribution in [0.1, 0.15) is 52.4 Å². The standard InChI is InChI=1S/C15H24O2/c1-12(2)7-5-3-4-6-8-13-9-10-15(16)14(11-13)17-15/h9-12,14,16H,3-8H2,1-2H3. The van der Waals surface area contributed by atoms with Gasteiger partial charge < -0.3 is 9.84 Å². The lowest BCUT2D eigenvalue weighted by Gasteiger charge is -2.07. The predicted molar refractivity (Wildman–Crippen MR) is 69.6 cm³/mol. The van der Waals surface area contributed by atoms with Gasteiger partial charge in [0.05, 0.1) is 0 Å². The Balaban J connectivity index is 1.55. The second kappa shape index (κ2) is 5.36. The molecular weight excluding hydrogens is 212 g/mol. The van der Waals surface area contributed by atoms with E-state index in [1.165, 1.54) is 37.7 Å². The van der Waals surface area contributed by atoms with Crippen molar-refractivity contribution in [1.29, 1.82) is 0 Å². The van der Waals surface area contributed by atoms with Gasteiger partial charge in [-0.25, -0.2) is 0 Å². The molecule has 2 atom stereocenters. The molecule has 0 aromatic carbocycles. The van der Waals surface area contributed by atoms with Crippen molar-refractivity contribution in [2.45, 2.75) is 64.3 Å². The van der Waals surface area contributed by atoms with Crippen LogP contribution in [0.25, 0.3) is 0 Å². The fourth-order valence-electron chi connectivity index (χ4n) is 2.34. The molecule has 0 bridgehead atoms. The summed E-state index contributed by atoms with van der Waals surface area (Å²) in [5.41, 5.74) is 1.32. The van der Waals surface area contributed by atoms with E-state index in [9.17, 15) is 5.11 Å². The molecule has 2 nitrogen and oxygen atoms in total. The molecule has 1 N–H and O–H groups in total. The van der Waals surface area contributed by atoms with Crippen LogP contribution in [0, 0.1) is 5.92 Å². The third-order valence-electron chi connectivity index (χ3n) is 3.56. The first-order chi connectivity index (χ1) is 8.10. The summed E-state index contributed by atoms with van der Waals surface area (Å²) in [5, 5.41) is 9.61. The van der Waals surface area contributed by atoms with E-state index in [1.807, 2.05) is 6.08 Å². The van der Waals surface area contributed by atoms with E-state index < -0.39 is 5.79 Å². The highest BCUT2D eigenvalue weighted by molar-refractivity contribution is 5.34. The second-order valence-corrected chi connectivity index (χ2v) is 5.71. The maximum Gasteiger partial charge on any atom is 0.217 e. The molecular formula is C15H24O2. The minimum absolute atomic E-state index is 0.0663. The van der Waals surface area contributed by atoms with E-state index >= 15 is 0 Å². The van der Waals surface area contributed by atoms with Crippen molar-refractivity contribution in [3.05, 3.63) is 23.8 Å². The van der Waals surface area contributed by atoms with E-state index in [2.05, 4.69) is 19.9 Å². The van der Waals surface area contributed by atoms with Crippen molar-refractivity contribution in [1.82, 2.24) is 0 Å². The van der Waals surface area contributed by atoms with Gasteiger partial charge in [-0.2, -0.15) is 0 Å². The van der Waals surface area contributed by atoms with Gasteiger partial charge >= 0.3 is 0 Å². The molecule has 2 rings (SSSR count). The first kappa shape index (κ1) is 12.8. The molecule has 2 heteroatoms. The molecule has 0 amide bonds. The quantitative estimate of drug-likeness (QED) is 0.541. The summed E-state index contributed by atoms with van der Waals surface area (Å²) >= 11 is 0. The normalized spacial score (nSPS) is 30.4. The maximum atomic E-state index is 9.61. The van der Waals surface area contributed by atoms with Crippen molar-refractivity contribution in [3.8, 4) is 0 Å². The lowest BCUT2D eigenvalue weighted by molar-refractivity contribution is 0.0825. The molecule has 1 saturated heterocycles. The van der Waals surface area contributed by atoms with E-state index in [0.29, 0.717) is 0 Å². The molecule has 0 spiro atoms.